The molecule has 2 amide bonds. The van der Waals surface area contributed by atoms with E-state index < -0.39 is 23.5 Å². The zero-order chi connectivity index (χ0) is 20.3. The molecule has 0 aromatic heterocycles. The molecule has 1 unspecified atom stereocenters. The van der Waals surface area contributed by atoms with Crippen molar-refractivity contribution in [2.24, 2.45) is 0 Å². The van der Waals surface area contributed by atoms with E-state index in [1.165, 1.54) is 30.0 Å². The molecular formula is C21H19FN2O4. The smallest absolute Gasteiger partial charge is 0.295 e. The van der Waals surface area contributed by atoms with E-state index in [9.17, 15) is 23.9 Å². The van der Waals surface area contributed by atoms with Crippen molar-refractivity contribution < 1.29 is 23.9 Å². The summed E-state index contributed by atoms with van der Waals surface area (Å²) in [5.41, 5.74) is 0.273. The SMILES string of the molecule is CC(=O)NCCN1C(=O)C(=O)/C(=C(\O)c2ccccc2)C1c1ccccc1F. The van der Waals surface area contributed by atoms with Gasteiger partial charge < -0.3 is 15.3 Å². The van der Waals surface area contributed by atoms with E-state index in [0.29, 0.717) is 5.56 Å². The maximum atomic E-state index is 14.5. The van der Waals surface area contributed by atoms with E-state index in [1.54, 1.807) is 36.4 Å². The number of halogens is 1. The van der Waals surface area contributed by atoms with Crippen LogP contribution in [-0.2, 0) is 14.4 Å². The molecule has 2 N–H and O–H groups in total. The highest BCUT2D eigenvalue weighted by atomic mass is 19.1. The van der Waals surface area contributed by atoms with Gasteiger partial charge in [-0.2, -0.15) is 0 Å². The highest BCUT2D eigenvalue weighted by Gasteiger charge is 2.46. The average molecular weight is 382 g/mol. The summed E-state index contributed by atoms with van der Waals surface area (Å²) in [4.78, 5) is 37.6. The van der Waals surface area contributed by atoms with E-state index in [4.69, 9.17) is 0 Å². The Bertz CT molecular complexity index is 956. The lowest BCUT2D eigenvalue weighted by molar-refractivity contribution is -0.140. The number of benzene rings is 2. The fourth-order valence-corrected chi connectivity index (χ4v) is 3.23. The molecule has 0 bridgehead atoms. The van der Waals surface area contributed by atoms with Crippen LogP contribution >= 0.6 is 0 Å². The van der Waals surface area contributed by atoms with E-state index in [-0.39, 0.29) is 35.9 Å². The molecule has 0 spiro atoms. The van der Waals surface area contributed by atoms with Gasteiger partial charge in [-0.05, 0) is 6.07 Å². The van der Waals surface area contributed by atoms with Crippen molar-refractivity contribution >= 4 is 23.4 Å². The van der Waals surface area contributed by atoms with Gasteiger partial charge in [-0.15, -0.1) is 0 Å². The number of carbonyl (C=O) groups excluding carboxylic acids is 3. The Labute approximate surface area is 161 Å². The Morgan fingerprint density at radius 1 is 1.11 bits per heavy atom. The van der Waals surface area contributed by atoms with Crippen LogP contribution in [0.25, 0.3) is 5.76 Å². The molecule has 1 saturated heterocycles. The van der Waals surface area contributed by atoms with Crippen LogP contribution < -0.4 is 5.32 Å². The quantitative estimate of drug-likeness (QED) is 0.472. The molecule has 3 rings (SSSR count). The number of rotatable bonds is 5. The maximum absolute atomic E-state index is 14.5. The molecule has 1 atom stereocenters. The van der Waals surface area contributed by atoms with E-state index in [0.717, 1.165) is 0 Å². The highest BCUT2D eigenvalue weighted by Crippen LogP contribution is 2.39. The van der Waals surface area contributed by atoms with Crippen molar-refractivity contribution in [3.8, 4) is 0 Å². The lowest BCUT2D eigenvalue weighted by atomic mass is 9.95. The number of carbonyl (C=O) groups is 3. The number of nitrogens with one attached hydrogen (secondary N) is 1. The molecular weight excluding hydrogens is 363 g/mol. The van der Waals surface area contributed by atoms with Crippen LogP contribution in [0.1, 0.15) is 24.1 Å². The van der Waals surface area contributed by atoms with Crippen LogP contribution in [0.15, 0.2) is 60.2 Å². The van der Waals surface area contributed by atoms with Gasteiger partial charge in [0.2, 0.25) is 5.91 Å². The van der Waals surface area contributed by atoms with E-state index in [1.807, 2.05) is 0 Å². The van der Waals surface area contributed by atoms with Gasteiger partial charge in [0.05, 0.1) is 11.6 Å². The summed E-state index contributed by atoms with van der Waals surface area (Å²) in [5, 5.41) is 13.3. The van der Waals surface area contributed by atoms with Crippen molar-refractivity contribution in [1.82, 2.24) is 10.2 Å². The molecule has 2 aromatic rings. The molecule has 1 aliphatic rings. The molecule has 28 heavy (non-hydrogen) atoms. The van der Waals surface area contributed by atoms with Crippen LogP contribution in [0.2, 0.25) is 0 Å². The van der Waals surface area contributed by atoms with Crippen molar-refractivity contribution in [1.29, 1.82) is 0 Å². The van der Waals surface area contributed by atoms with Crippen LogP contribution in [0.3, 0.4) is 0 Å². The fourth-order valence-electron chi connectivity index (χ4n) is 3.23. The van der Waals surface area contributed by atoms with Crippen molar-refractivity contribution in [2.75, 3.05) is 13.1 Å². The lowest BCUT2D eigenvalue weighted by Crippen LogP contribution is -2.37. The topological polar surface area (TPSA) is 86.7 Å². The summed E-state index contributed by atoms with van der Waals surface area (Å²) in [6.07, 6.45) is 0. The summed E-state index contributed by atoms with van der Waals surface area (Å²) in [6, 6.07) is 13.0. The first-order chi connectivity index (χ1) is 13.4. The normalized spacial score (nSPS) is 18.4. The highest BCUT2D eigenvalue weighted by molar-refractivity contribution is 6.46. The first kappa shape index (κ1) is 19.3. The third kappa shape index (κ3) is 3.64. The first-order valence-corrected chi connectivity index (χ1v) is 8.74. The van der Waals surface area contributed by atoms with Gasteiger partial charge in [0.1, 0.15) is 11.6 Å². The summed E-state index contributed by atoms with van der Waals surface area (Å²) in [6.45, 7) is 1.42. The number of aliphatic hydroxyl groups is 1. The van der Waals surface area contributed by atoms with Crippen LogP contribution in [0.5, 0.6) is 0 Å². The average Bonchev–Trinajstić information content (AvgIpc) is 2.93. The second-order valence-electron chi connectivity index (χ2n) is 6.36. The summed E-state index contributed by atoms with van der Waals surface area (Å²) >= 11 is 0. The van der Waals surface area contributed by atoms with Gasteiger partial charge in [-0.25, -0.2) is 4.39 Å². The predicted molar refractivity (Wildman–Crippen MR) is 101 cm³/mol. The minimum Gasteiger partial charge on any atom is -0.507 e. The second kappa shape index (κ2) is 8.04. The van der Waals surface area contributed by atoms with E-state index >= 15 is 0 Å². The zero-order valence-electron chi connectivity index (χ0n) is 15.2. The summed E-state index contributed by atoms with van der Waals surface area (Å²) < 4.78 is 14.5. The van der Waals surface area contributed by atoms with Crippen LogP contribution in [-0.4, -0.2) is 40.7 Å². The number of aliphatic hydroxyl groups excluding tert-OH is 1. The molecule has 1 aliphatic heterocycles. The van der Waals surface area contributed by atoms with Crippen molar-refractivity contribution in [3.05, 3.63) is 77.1 Å². The Morgan fingerprint density at radius 3 is 2.39 bits per heavy atom. The molecule has 144 valence electrons. The van der Waals surface area contributed by atoms with Gasteiger partial charge in [-0.3, -0.25) is 14.4 Å². The monoisotopic (exact) mass is 382 g/mol. The molecule has 0 radical (unpaired) electrons. The Morgan fingerprint density at radius 2 is 1.75 bits per heavy atom. The third-order valence-electron chi connectivity index (χ3n) is 4.51. The minimum absolute atomic E-state index is 0.00523. The Kier molecular flexibility index (Phi) is 5.54. The first-order valence-electron chi connectivity index (χ1n) is 8.74. The number of nitrogens with zero attached hydrogens (tertiary/aromatic N) is 1. The number of amides is 2. The summed E-state index contributed by atoms with van der Waals surface area (Å²) in [7, 11) is 0. The van der Waals surface area contributed by atoms with Crippen molar-refractivity contribution in [2.45, 2.75) is 13.0 Å². The number of ketones is 1. The Balaban J connectivity index is 2.11. The number of hydrogen-bond donors (Lipinski definition) is 2. The Hall–Kier alpha value is -3.48. The maximum Gasteiger partial charge on any atom is 0.295 e. The molecule has 1 fully saturated rings. The minimum atomic E-state index is -1.09. The number of Topliss-reactive ketones (excluding diaryl/α,β-unsaturated/α-hetero) is 1. The fraction of sp³-hybridized carbons (Fsp3) is 0.190. The van der Waals surface area contributed by atoms with Gasteiger partial charge in [0.15, 0.2) is 0 Å². The molecule has 0 saturated carbocycles. The lowest BCUT2D eigenvalue weighted by Gasteiger charge is -2.25. The van der Waals surface area contributed by atoms with Gasteiger partial charge in [-0.1, -0.05) is 48.5 Å². The molecule has 2 aromatic carbocycles. The summed E-state index contributed by atoms with van der Waals surface area (Å²) in [5.74, 6) is -3.00. The van der Waals surface area contributed by atoms with Crippen LogP contribution in [0.4, 0.5) is 4.39 Å². The third-order valence-corrected chi connectivity index (χ3v) is 4.51. The number of likely N-dealkylation sites (tertiary alicyclic amines) is 1. The molecule has 0 aliphatic carbocycles. The predicted octanol–water partition coefficient (Wildman–Crippen LogP) is 2.38. The zero-order valence-corrected chi connectivity index (χ0v) is 15.2. The van der Waals surface area contributed by atoms with Crippen LogP contribution in [0, 0.1) is 5.82 Å². The standard InChI is InChI=1S/C21H19FN2O4/c1-13(25)23-11-12-24-18(15-9-5-6-10-16(15)22)17(20(27)21(24)28)19(26)14-7-3-2-4-8-14/h2-10,18,26H,11-12H2,1H3,(H,23,25)/b19-17-. The number of hydrogen-bond acceptors (Lipinski definition) is 4. The second-order valence-corrected chi connectivity index (χ2v) is 6.36. The molecule has 6 nitrogen and oxygen atoms in total. The van der Waals surface area contributed by atoms with Gasteiger partial charge >= 0.3 is 0 Å². The van der Waals surface area contributed by atoms with Gasteiger partial charge in [0, 0.05) is 31.1 Å². The van der Waals surface area contributed by atoms with Gasteiger partial charge in [0.25, 0.3) is 11.7 Å². The molecule has 1 heterocycles. The van der Waals surface area contributed by atoms with E-state index in [2.05, 4.69) is 5.32 Å². The molecule has 7 heteroatoms. The van der Waals surface area contributed by atoms with Crippen molar-refractivity contribution in [3.63, 3.8) is 0 Å². The largest absolute Gasteiger partial charge is 0.507 e.